The van der Waals surface area contributed by atoms with Crippen molar-refractivity contribution in [3.05, 3.63) is 29.8 Å². The van der Waals surface area contributed by atoms with Crippen molar-refractivity contribution in [1.82, 2.24) is 0 Å². The quantitative estimate of drug-likeness (QED) is 0.538. The number of hydrogen-bond donors (Lipinski definition) is 2. The first kappa shape index (κ1) is 17.7. The summed E-state index contributed by atoms with van der Waals surface area (Å²) >= 11 is 0. The maximum atomic E-state index is 11.0. The zero-order valence-electron chi connectivity index (χ0n) is 12.2. The molecule has 0 aliphatic heterocycles. The van der Waals surface area contributed by atoms with Crippen molar-refractivity contribution in [3.63, 3.8) is 0 Å². The molecule has 0 heterocycles. The third-order valence-corrected chi connectivity index (χ3v) is 4.38. The molecule has 0 bridgehead atoms. The van der Waals surface area contributed by atoms with Crippen molar-refractivity contribution < 1.29 is 22.9 Å². The molecule has 6 heteroatoms. The van der Waals surface area contributed by atoms with Crippen LogP contribution in [0.4, 0.5) is 0 Å². The fraction of sp³-hybridized carbons (Fsp3) is 0.533. The van der Waals surface area contributed by atoms with Gasteiger partial charge in [0.25, 0.3) is 10.1 Å². The Morgan fingerprint density at radius 2 is 1.76 bits per heavy atom. The molecule has 0 aliphatic rings. The van der Waals surface area contributed by atoms with E-state index in [1.807, 2.05) is 0 Å². The van der Waals surface area contributed by atoms with E-state index in [2.05, 4.69) is 6.92 Å². The van der Waals surface area contributed by atoms with Crippen LogP contribution >= 0.6 is 0 Å². The minimum Gasteiger partial charge on any atom is -0.481 e. The summed E-state index contributed by atoms with van der Waals surface area (Å²) < 4.78 is 31.0. The van der Waals surface area contributed by atoms with E-state index >= 15 is 0 Å². The highest BCUT2D eigenvalue weighted by atomic mass is 32.2. The van der Waals surface area contributed by atoms with E-state index in [9.17, 15) is 13.2 Å². The summed E-state index contributed by atoms with van der Waals surface area (Å²) in [6.45, 7) is 2.10. The van der Waals surface area contributed by atoms with E-state index in [0.717, 1.165) is 31.2 Å². The van der Waals surface area contributed by atoms with Crippen LogP contribution in [0.5, 0.6) is 0 Å². The largest absolute Gasteiger partial charge is 0.481 e. The highest BCUT2D eigenvalue weighted by molar-refractivity contribution is 7.85. The van der Waals surface area contributed by atoms with Gasteiger partial charge >= 0.3 is 5.97 Å². The molecule has 2 N–H and O–H groups in total. The lowest BCUT2D eigenvalue weighted by atomic mass is 9.89. The Hall–Kier alpha value is -1.40. The van der Waals surface area contributed by atoms with E-state index in [-0.39, 0.29) is 17.2 Å². The summed E-state index contributed by atoms with van der Waals surface area (Å²) in [5, 5.41) is 8.82. The summed E-state index contributed by atoms with van der Waals surface area (Å²) in [6, 6.07) is 6.03. The van der Waals surface area contributed by atoms with Crippen molar-refractivity contribution in [2.75, 3.05) is 0 Å². The Kier molecular flexibility index (Phi) is 6.84. The van der Waals surface area contributed by atoms with Gasteiger partial charge in [-0.3, -0.25) is 9.35 Å². The second-order valence-electron chi connectivity index (χ2n) is 5.17. The van der Waals surface area contributed by atoms with Gasteiger partial charge in [0.15, 0.2) is 0 Å². The first-order valence-corrected chi connectivity index (χ1v) is 8.58. The van der Waals surface area contributed by atoms with Crippen molar-refractivity contribution in [3.8, 4) is 0 Å². The van der Waals surface area contributed by atoms with Gasteiger partial charge in [-0.2, -0.15) is 8.42 Å². The molecule has 1 aromatic rings. The molecule has 0 fully saturated rings. The molecule has 0 aliphatic carbocycles. The van der Waals surface area contributed by atoms with Crippen LogP contribution in [0.25, 0.3) is 0 Å². The maximum absolute atomic E-state index is 11.0. The summed E-state index contributed by atoms with van der Waals surface area (Å²) in [4.78, 5) is 10.6. The normalized spacial score (nSPS) is 13.0. The summed E-state index contributed by atoms with van der Waals surface area (Å²) in [6.07, 6.45) is 4.70. The molecule has 0 spiro atoms. The SMILES string of the molecule is CCCCCC(CCC(=O)O)c1ccc(S(=O)(=O)O)cc1. The van der Waals surface area contributed by atoms with Crippen LogP contribution in [0.15, 0.2) is 29.2 Å². The van der Waals surface area contributed by atoms with Crippen LogP contribution in [-0.4, -0.2) is 24.0 Å². The van der Waals surface area contributed by atoms with Gasteiger partial charge in [0.1, 0.15) is 0 Å². The van der Waals surface area contributed by atoms with Gasteiger partial charge in [0, 0.05) is 6.42 Å². The smallest absolute Gasteiger partial charge is 0.303 e. The van der Waals surface area contributed by atoms with Crippen LogP contribution in [0.3, 0.4) is 0 Å². The molecule has 1 atom stereocenters. The summed E-state index contributed by atoms with van der Waals surface area (Å²) in [5.74, 6) is -0.729. The number of rotatable bonds is 9. The fourth-order valence-electron chi connectivity index (χ4n) is 2.33. The lowest BCUT2D eigenvalue weighted by Crippen LogP contribution is -2.05. The molecule has 0 saturated carbocycles. The number of carboxylic acid groups (broad SMARTS) is 1. The number of hydrogen-bond acceptors (Lipinski definition) is 3. The molecular weight excluding hydrogens is 292 g/mol. The topological polar surface area (TPSA) is 91.7 Å². The molecule has 118 valence electrons. The van der Waals surface area contributed by atoms with Crippen molar-refractivity contribution in [2.24, 2.45) is 0 Å². The van der Waals surface area contributed by atoms with E-state index in [0.29, 0.717) is 6.42 Å². The predicted molar refractivity (Wildman–Crippen MR) is 80.0 cm³/mol. The third kappa shape index (κ3) is 6.27. The monoisotopic (exact) mass is 314 g/mol. The molecule has 0 saturated heterocycles. The first-order chi connectivity index (χ1) is 9.84. The average Bonchev–Trinajstić information content (AvgIpc) is 2.41. The molecule has 0 radical (unpaired) electrons. The number of carboxylic acids is 1. The van der Waals surface area contributed by atoms with Gasteiger partial charge in [-0.05, 0) is 36.5 Å². The van der Waals surface area contributed by atoms with E-state index in [1.165, 1.54) is 12.1 Å². The minimum absolute atomic E-state index is 0.0941. The Morgan fingerprint density at radius 1 is 1.14 bits per heavy atom. The third-order valence-electron chi connectivity index (χ3n) is 3.51. The van der Waals surface area contributed by atoms with Crippen LogP contribution < -0.4 is 0 Å². The second kappa shape index (κ2) is 8.14. The standard InChI is InChI=1S/C15H22O5S/c1-2-3-4-5-12(8-11-15(16)17)13-6-9-14(10-7-13)21(18,19)20/h6-7,9-10,12H,2-5,8,11H2,1H3,(H,16,17)(H,18,19,20). The molecule has 0 amide bonds. The zero-order valence-corrected chi connectivity index (χ0v) is 13.0. The highest BCUT2D eigenvalue weighted by Gasteiger charge is 2.15. The Labute approximate surface area is 125 Å². The predicted octanol–water partition coefficient (Wildman–Crippen LogP) is 3.46. The lowest BCUT2D eigenvalue weighted by Gasteiger charge is -2.16. The molecule has 1 rings (SSSR count). The minimum atomic E-state index is -4.19. The molecular formula is C15H22O5S. The van der Waals surface area contributed by atoms with Crippen LogP contribution in [0.2, 0.25) is 0 Å². The van der Waals surface area contributed by atoms with Gasteiger partial charge in [-0.15, -0.1) is 0 Å². The fourth-order valence-corrected chi connectivity index (χ4v) is 2.81. The van der Waals surface area contributed by atoms with E-state index in [4.69, 9.17) is 9.66 Å². The van der Waals surface area contributed by atoms with Gasteiger partial charge in [0.05, 0.1) is 4.90 Å². The first-order valence-electron chi connectivity index (χ1n) is 7.13. The van der Waals surface area contributed by atoms with Crippen LogP contribution in [-0.2, 0) is 14.9 Å². The molecule has 1 aromatic carbocycles. The summed E-state index contributed by atoms with van der Waals surface area (Å²) in [7, 11) is -4.19. The Bertz CT molecular complexity index is 548. The van der Waals surface area contributed by atoms with Crippen molar-refractivity contribution >= 4 is 16.1 Å². The van der Waals surface area contributed by atoms with E-state index in [1.54, 1.807) is 12.1 Å². The van der Waals surface area contributed by atoms with Gasteiger partial charge < -0.3 is 5.11 Å². The zero-order chi connectivity index (χ0) is 15.9. The highest BCUT2D eigenvalue weighted by Crippen LogP contribution is 2.28. The van der Waals surface area contributed by atoms with Gasteiger partial charge in [-0.25, -0.2) is 0 Å². The van der Waals surface area contributed by atoms with Crippen molar-refractivity contribution in [2.45, 2.75) is 56.3 Å². The molecule has 1 unspecified atom stereocenters. The van der Waals surface area contributed by atoms with E-state index < -0.39 is 16.1 Å². The average molecular weight is 314 g/mol. The maximum Gasteiger partial charge on any atom is 0.303 e. The second-order valence-corrected chi connectivity index (χ2v) is 6.59. The van der Waals surface area contributed by atoms with Crippen LogP contribution in [0, 0.1) is 0 Å². The molecule has 21 heavy (non-hydrogen) atoms. The Morgan fingerprint density at radius 3 is 2.24 bits per heavy atom. The lowest BCUT2D eigenvalue weighted by molar-refractivity contribution is -0.137. The molecule has 5 nitrogen and oxygen atoms in total. The van der Waals surface area contributed by atoms with Crippen LogP contribution in [0.1, 0.15) is 56.9 Å². The van der Waals surface area contributed by atoms with Crippen molar-refractivity contribution in [1.29, 1.82) is 0 Å². The Balaban J connectivity index is 2.83. The number of carbonyl (C=O) groups is 1. The number of benzene rings is 1. The summed E-state index contributed by atoms with van der Waals surface area (Å²) in [5.41, 5.74) is 0.916. The van der Waals surface area contributed by atoms with Gasteiger partial charge in [-0.1, -0.05) is 38.3 Å². The van der Waals surface area contributed by atoms with Gasteiger partial charge in [0.2, 0.25) is 0 Å². The number of aliphatic carboxylic acids is 1. The number of unbranched alkanes of at least 4 members (excludes halogenated alkanes) is 2. The molecule has 0 aromatic heterocycles.